The first-order valence-corrected chi connectivity index (χ1v) is 4.83. The molecule has 0 aromatic carbocycles. The van der Waals surface area contributed by atoms with Gasteiger partial charge < -0.3 is 0 Å². The summed E-state index contributed by atoms with van der Waals surface area (Å²) in [6.45, 7) is 0. The summed E-state index contributed by atoms with van der Waals surface area (Å²) in [7, 11) is 0. The number of hydrogen-bond acceptors (Lipinski definition) is 1. The molecule has 0 aromatic rings. The molecule has 0 saturated carbocycles. The third-order valence-corrected chi connectivity index (χ3v) is 2.50. The highest BCUT2D eigenvalue weighted by Crippen LogP contribution is 2.17. The molecule has 0 spiro atoms. The molecule has 0 amide bonds. The Morgan fingerprint density at radius 1 is 1.78 bits per heavy atom. The first kappa shape index (κ1) is 7.66. The third kappa shape index (κ3) is 2.34. The highest BCUT2D eigenvalue weighted by molar-refractivity contribution is 14.1. The molecule has 0 aromatic heterocycles. The number of hydrogen-bond donors (Lipinski definition) is 1. The maximum Gasteiger partial charge on any atom is 0.0329 e. The van der Waals surface area contributed by atoms with Gasteiger partial charge in [-0.25, -0.2) is 0 Å². The SMILES string of the molecule is SCC1=CC(I)CC=C1. The van der Waals surface area contributed by atoms with Crippen LogP contribution in [-0.2, 0) is 0 Å². The van der Waals surface area contributed by atoms with Gasteiger partial charge in [0.15, 0.2) is 0 Å². The standard InChI is InChI=1S/C7H9IS/c8-7-3-1-2-6(4-7)5-9/h1-2,4,7,9H,3,5H2. The molecular formula is C7H9IS. The average molecular weight is 252 g/mol. The number of rotatable bonds is 1. The molecule has 0 radical (unpaired) electrons. The molecule has 0 bridgehead atoms. The van der Waals surface area contributed by atoms with E-state index in [-0.39, 0.29) is 0 Å². The molecular weight excluding hydrogens is 243 g/mol. The summed E-state index contributed by atoms with van der Waals surface area (Å²) in [6, 6.07) is 0. The second kappa shape index (κ2) is 3.66. The predicted molar refractivity (Wildman–Crippen MR) is 53.5 cm³/mol. The lowest BCUT2D eigenvalue weighted by molar-refractivity contribution is 1.07. The van der Waals surface area contributed by atoms with Crippen LogP contribution in [0.1, 0.15) is 6.42 Å². The van der Waals surface area contributed by atoms with Gasteiger partial charge in [-0.2, -0.15) is 12.6 Å². The van der Waals surface area contributed by atoms with E-state index >= 15 is 0 Å². The molecule has 0 heterocycles. The van der Waals surface area contributed by atoms with Crippen molar-refractivity contribution in [3.8, 4) is 0 Å². The summed E-state index contributed by atoms with van der Waals surface area (Å²) in [6.07, 6.45) is 7.82. The fourth-order valence-electron chi connectivity index (χ4n) is 0.811. The Morgan fingerprint density at radius 3 is 3.00 bits per heavy atom. The fraction of sp³-hybridized carbons (Fsp3) is 0.429. The Bertz CT molecular complexity index is 149. The molecule has 9 heavy (non-hydrogen) atoms. The van der Waals surface area contributed by atoms with E-state index in [0.717, 1.165) is 5.75 Å². The largest absolute Gasteiger partial charge is 0.175 e. The van der Waals surface area contributed by atoms with Gasteiger partial charge in [-0.3, -0.25) is 0 Å². The van der Waals surface area contributed by atoms with Crippen LogP contribution in [0.4, 0.5) is 0 Å². The van der Waals surface area contributed by atoms with Crippen LogP contribution in [0.15, 0.2) is 23.8 Å². The van der Waals surface area contributed by atoms with Gasteiger partial charge in [-0.15, -0.1) is 0 Å². The van der Waals surface area contributed by atoms with Gasteiger partial charge in [-0.1, -0.05) is 40.8 Å². The molecule has 0 saturated heterocycles. The summed E-state index contributed by atoms with van der Waals surface area (Å²) in [5.41, 5.74) is 1.35. The molecule has 1 unspecified atom stereocenters. The molecule has 1 aliphatic rings. The summed E-state index contributed by atoms with van der Waals surface area (Å²) in [5.74, 6) is 0.871. The van der Waals surface area contributed by atoms with Crippen molar-refractivity contribution >= 4 is 35.2 Å². The zero-order valence-electron chi connectivity index (χ0n) is 5.05. The quantitative estimate of drug-likeness (QED) is 0.414. The second-order valence-corrected chi connectivity index (χ2v) is 3.97. The van der Waals surface area contributed by atoms with E-state index in [9.17, 15) is 0 Å². The molecule has 0 nitrogen and oxygen atoms in total. The lowest BCUT2D eigenvalue weighted by Gasteiger charge is -2.07. The van der Waals surface area contributed by atoms with Gasteiger partial charge in [0, 0.05) is 9.68 Å². The normalized spacial score (nSPS) is 26.0. The van der Waals surface area contributed by atoms with Gasteiger partial charge >= 0.3 is 0 Å². The minimum atomic E-state index is 0.690. The Labute approximate surface area is 75.0 Å². The van der Waals surface area contributed by atoms with Crippen LogP contribution >= 0.6 is 35.2 Å². The van der Waals surface area contributed by atoms with Crippen molar-refractivity contribution < 1.29 is 0 Å². The molecule has 1 rings (SSSR count). The van der Waals surface area contributed by atoms with Gasteiger partial charge in [0.2, 0.25) is 0 Å². The first-order valence-electron chi connectivity index (χ1n) is 2.95. The highest BCUT2D eigenvalue weighted by atomic mass is 127. The Balaban J connectivity index is 2.59. The Hall–Kier alpha value is 0.560. The van der Waals surface area contributed by atoms with Crippen molar-refractivity contribution in [3.63, 3.8) is 0 Å². The lowest BCUT2D eigenvalue weighted by atomic mass is 10.1. The van der Waals surface area contributed by atoms with Crippen molar-refractivity contribution in [3.05, 3.63) is 23.8 Å². The number of alkyl halides is 1. The second-order valence-electron chi connectivity index (χ2n) is 2.05. The zero-order chi connectivity index (χ0) is 6.69. The molecule has 50 valence electrons. The first-order chi connectivity index (χ1) is 4.33. The van der Waals surface area contributed by atoms with E-state index < -0.39 is 0 Å². The van der Waals surface area contributed by atoms with Gasteiger partial charge in [0.1, 0.15) is 0 Å². The van der Waals surface area contributed by atoms with Crippen molar-refractivity contribution in [2.75, 3.05) is 5.75 Å². The van der Waals surface area contributed by atoms with Crippen molar-refractivity contribution in [2.24, 2.45) is 0 Å². The molecule has 0 N–H and O–H groups in total. The van der Waals surface area contributed by atoms with Gasteiger partial charge in [0.05, 0.1) is 0 Å². The maximum absolute atomic E-state index is 4.18. The van der Waals surface area contributed by atoms with Gasteiger partial charge in [-0.05, 0) is 12.0 Å². The van der Waals surface area contributed by atoms with Crippen molar-refractivity contribution in [1.29, 1.82) is 0 Å². The van der Waals surface area contributed by atoms with Crippen LogP contribution < -0.4 is 0 Å². The van der Waals surface area contributed by atoms with E-state index in [1.165, 1.54) is 12.0 Å². The van der Waals surface area contributed by atoms with Crippen LogP contribution in [0.5, 0.6) is 0 Å². The predicted octanol–water partition coefficient (Wildman–Crippen LogP) is 2.61. The Kier molecular flexibility index (Phi) is 3.12. The molecule has 1 aliphatic carbocycles. The highest BCUT2D eigenvalue weighted by Gasteiger charge is 2.02. The van der Waals surface area contributed by atoms with Crippen LogP contribution in [0.25, 0.3) is 0 Å². The van der Waals surface area contributed by atoms with Crippen LogP contribution in [0.2, 0.25) is 0 Å². The third-order valence-electron chi connectivity index (χ3n) is 1.27. The lowest BCUT2D eigenvalue weighted by Crippen LogP contribution is -1.97. The maximum atomic E-state index is 4.18. The smallest absolute Gasteiger partial charge is 0.0329 e. The molecule has 1 atom stereocenters. The number of thiol groups is 1. The minimum absolute atomic E-state index is 0.690. The van der Waals surface area contributed by atoms with E-state index in [0.29, 0.717) is 3.92 Å². The fourth-order valence-corrected chi connectivity index (χ4v) is 1.78. The van der Waals surface area contributed by atoms with E-state index in [1.807, 2.05) is 0 Å². The summed E-state index contributed by atoms with van der Waals surface area (Å²) >= 11 is 6.62. The summed E-state index contributed by atoms with van der Waals surface area (Å²) in [5, 5.41) is 0. The van der Waals surface area contributed by atoms with Crippen LogP contribution in [-0.4, -0.2) is 9.68 Å². The molecule has 0 aliphatic heterocycles. The topological polar surface area (TPSA) is 0 Å². The zero-order valence-corrected chi connectivity index (χ0v) is 8.10. The van der Waals surface area contributed by atoms with Crippen molar-refractivity contribution in [1.82, 2.24) is 0 Å². The summed E-state index contributed by atoms with van der Waals surface area (Å²) < 4.78 is 0.690. The van der Waals surface area contributed by atoms with E-state index in [1.54, 1.807) is 0 Å². The monoisotopic (exact) mass is 252 g/mol. The van der Waals surface area contributed by atoms with Crippen LogP contribution in [0.3, 0.4) is 0 Å². The summed E-state index contributed by atoms with van der Waals surface area (Å²) in [4.78, 5) is 0. The van der Waals surface area contributed by atoms with E-state index in [2.05, 4.69) is 53.4 Å². The molecule has 2 heteroatoms. The van der Waals surface area contributed by atoms with Crippen LogP contribution in [0, 0.1) is 0 Å². The van der Waals surface area contributed by atoms with Gasteiger partial charge in [0.25, 0.3) is 0 Å². The van der Waals surface area contributed by atoms with E-state index in [4.69, 9.17) is 0 Å². The Morgan fingerprint density at radius 2 is 2.56 bits per heavy atom. The minimum Gasteiger partial charge on any atom is -0.175 e. The molecule has 0 fully saturated rings. The average Bonchev–Trinajstić information content (AvgIpc) is 1.88. The van der Waals surface area contributed by atoms with Crippen molar-refractivity contribution in [2.45, 2.75) is 10.3 Å². The number of halogens is 1. The number of allylic oxidation sites excluding steroid dienone is 3.